The Morgan fingerprint density at radius 1 is 0.882 bits per heavy atom. The van der Waals surface area contributed by atoms with Gasteiger partial charge >= 0.3 is 0 Å². The smallest absolute Gasteiger partial charge is 0.233 e. The molecule has 11 heteroatoms. The van der Waals surface area contributed by atoms with Crippen molar-refractivity contribution >= 4 is 41.7 Å². The highest BCUT2D eigenvalue weighted by Crippen LogP contribution is 2.38. The van der Waals surface area contributed by atoms with Gasteiger partial charge in [-0.1, -0.05) is 24.3 Å². The molecule has 0 saturated carbocycles. The van der Waals surface area contributed by atoms with E-state index in [1.54, 1.807) is 0 Å². The fraction of sp³-hybridized carbons (Fsp3) is 0.304. The third kappa shape index (κ3) is 5.26. The SMILES string of the molecule is Cl.N.N.NCCNc1nc(Nc2ccc3c(c2)-c2ccccc2C3=O)nc(N2CCCCC2)n1.[HH].[HH]. The summed E-state index contributed by atoms with van der Waals surface area (Å²) in [6.45, 7) is 2.96. The second kappa shape index (κ2) is 11.7. The van der Waals surface area contributed by atoms with E-state index in [1.807, 2.05) is 42.5 Å². The molecule has 10 nitrogen and oxygen atoms in total. The van der Waals surface area contributed by atoms with Crippen LogP contribution in [0.25, 0.3) is 11.1 Å². The van der Waals surface area contributed by atoms with Crippen LogP contribution in [0.4, 0.5) is 23.5 Å². The quantitative estimate of drug-likeness (QED) is 0.260. The molecule has 34 heavy (non-hydrogen) atoms. The monoisotopic (exact) mass is 489 g/mol. The Balaban J connectivity index is 0.00000245. The lowest BCUT2D eigenvalue weighted by atomic mass is 10.1. The molecule has 0 unspecified atom stereocenters. The van der Waals surface area contributed by atoms with Crippen molar-refractivity contribution in [2.24, 2.45) is 5.73 Å². The maximum absolute atomic E-state index is 12.6. The molecule has 1 fully saturated rings. The van der Waals surface area contributed by atoms with Gasteiger partial charge in [-0.15, -0.1) is 12.4 Å². The van der Waals surface area contributed by atoms with Gasteiger partial charge in [0.1, 0.15) is 0 Å². The van der Waals surface area contributed by atoms with E-state index >= 15 is 0 Å². The molecule has 0 amide bonds. The Hall–Kier alpha value is -3.31. The summed E-state index contributed by atoms with van der Waals surface area (Å²) in [7, 11) is 0. The van der Waals surface area contributed by atoms with Gasteiger partial charge in [-0.2, -0.15) is 15.0 Å². The third-order valence-electron chi connectivity index (χ3n) is 5.67. The Kier molecular flexibility index (Phi) is 9.28. The van der Waals surface area contributed by atoms with E-state index in [9.17, 15) is 4.79 Å². The number of aromatic nitrogens is 3. The Bertz CT molecular complexity index is 1150. The molecule has 10 N–H and O–H groups in total. The fourth-order valence-electron chi connectivity index (χ4n) is 4.15. The molecule has 186 valence electrons. The molecular formula is C23H36ClN9O. The van der Waals surface area contributed by atoms with Crippen molar-refractivity contribution in [3.63, 3.8) is 0 Å². The third-order valence-corrected chi connectivity index (χ3v) is 5.67. The number of benzene rings is 2. The molecule has 0 spiro atoms. The zero-order chi connectivity index (χ0) is 21.2. The number of piperidine rings is 1. The van der Waals surface area contributed by atoms with E-state index in [2.05, 4.69) is 30.5 Å². The largest absolute Gasteiger partial charge is 0.353 e. The van der Waals surface area contributed by atoms with Crippen molar-refractivity contribution in [1.82, 2.24) is 27.3 Å². The number of hydrogen-bond acceptors (Lipinski definition) is 10. The van der Waals surface area contributed by atoms with Crippen LogP contribution in [0.2, 0.25) is 0 Å². The number of nitrogens with one attached hydrogen (secondary N) is 2. The summed E-state index contributed by atoms with van der Waals surface area (Å²) in [5, 5.41) is 6.47. The molecule has 1 aliphatic heterocycles. The summed E-state index contributed by atoms with van der Waals surface area (Å²) < 4.78 is 0. The van der Waals surface area contributed by atoms with Gasteiger partial charge in [0.2, 0.25) is 17.8 Å². The van der Waals surface area contributed by atoms with Gasteiger partial charge < -0.3 is 33.6 Å². The first kappa shape index (κ1) is 26.9. The molecule has 0 radical (unpaired) electrons. The topological polar surface area (TPSA) is 179 Å². The second-order valence-corrected chi connectivity index (χ2v) is 7.81. The van der Waals surface area contributed by atoms with Crippen molar-refractivity contribution in [3.8, 4) is 11.1 Å². The van der Waals surface area contributed by atoms with Crippen LogP contribution in [0.3, 0.4) is 0 Å². The van der Waals surface area contributed by atoms with Crippen molar-refractivity contribution in [3.05, 3.63) is 53.6 Å². The van der Waals surface area contributed by atoms with Gasteiger partial charge in [-0.3, -0.25) is 4.79 Å². The number of carbonyl (C=O) groups is 1. The molecule has 0 atom stereocenters. The standard InChI is InChI=1S/C23H25N7O.ClH.2H3N.2H2/c24-10-11-25-21-27-22(29-23(28-21)30-12-4-1-5-13-30)26-15-8-9-18-19(14-15)16-6-2-3-7-17(16)20(18)31;;;;;/h2-3,6-9,14H,1,4-5,10-13,24H2,(H2,25,26,27,28,29);1H;2*1H3;2*1H. The lowest BCUT2D eigenvalue weighted by Crippen LogP contribution is -2.31. The predicted molar refractivity (Wildman–Crippen MR) is 144 cm³/mol. The highest BCUT2D eigenvalue weighted by Gasteiger charge is 2.26. The van der Waals surface area contributed by atoms with Gasteiger partial charge in [0.05, 0.1) is 0 Å². The maximum atomic E-state index is 12.6. The maximum Gasteiger partial charge on any atom is 0.233 e. The Morgan fingerprint density at radius 3 is 2.29 bits per heavy atom. The van der Waals surface area contributed by atoms with Crippen LogP contribution in [-0.2, 0) is 0 Å². The number of nitrogens with two attached hydrogens (primary N) is 1. The highest BCUT2D eigenvalue weighted by molar-refractivity contribution is 6.22. The molecule has 3 aromatic rings. The van der Waals surface area contributed by atoms with E-state index in [-0.39, 0.29) is 33.3 Å². The highest BCUT2D eigenvalue weighted by atomic mass is 35.5. The normalized spacial score (nSPS) is 13.6. The van der Waals surface area contributed by atoms with Gasteiger partial charge in [0.25, 0.3) is 0 Å². The van der Waals surface area contributed by atoms with E-state index in [4.69, 9.17) is 5.73 Å². The summed E-state index contributed by atoms with van der Waals surface area (Å²) in [6.07, 6.45) is 3.51. The number of hydrogen-bond donors (Lipinski definition) is 5. The van der Waals surface area contributed by atoms with Crippen molar-refractivity contribution in [2.75, 3.05) is 41.7 Å². The molecule has 1 aliphatic carbocycles. The van der Waals surface area contributed by atoms with Gasteiger partial charge in [-0.25, -0.2) is 0 Å². The second-order valence-electron chi connectivity index (χ2n) is 7.81. The minimum absolute atomic E-state index is 0. The summed E-state index contributed by atoms with van der Waals surface area (Å²) in [5.41, 5.74) is 9.81. The average molecular weight is 490 g/mol. The van der Waals surface area contributed by atoms with Crippen LogP contribution in [-0.4, -0.2) is 46.9 Å². The molecule has 1 saturated heterocycles. The first-order valence-corrected chi connectivity index (χ1v) is 10.7. The van der Waals surface area contributed by atoms with Crippen LogP contribution >= 0.6 is 12.4 Å². The lowest BCUT2D eigenvalue weighted by molar-refractivity contribution is 0.104. The van der Waals surface area contributed by atoms with Crippen LogP contribution in [0.5, 0.6) is 0 Å². The molecule has 1 aromatic heterocycles. The van der Waals surface area contributed by atoms with E-state index < -0.39 is 0 Å². The zero-order valence-electron chi connectivity index (χ0n) is 19.1. The summed E-state index contributed by atoms with van der Waals surface area (Å²) >= 11 is 0. The number of fused-ring (bicyclic) bond motifs is 3. The number of carbonyl (C=O) groups excluding carboxylic acids is 1. The van der Waals surface area contributed by atoms with E-state index in [1.165, 1.54) is 6.42 Å². The van der Waals surface area contributed by atoms with Crippen LogP contribution in [0.15, 0.2) is 42.5 Å². The number of anilines is 4. The average Bonchev–Trinajstić information content (AvgIpc) is 3.10. The zero-order valence-corrected chi connectivity index (χ0v) is 19.9. The lowest BCUT2D eigenvalue weighted by Gasteiger charge is -2.27. The minimum atomic E-state index is 0. The molecular weight excluding hydrogens is 454 g/mol. The van der Waals surface area contributed by atoms with Crippen LogP contribution < -0.4 is 33.6 Å². The van der Waals surface area contributed by atoms with Gasteiger partial charge in [0, 0.05) is 45.8 Å². The van der Waals surface area contributed by atoms with Crippen molar-refractivity contribution in [2.45, 2.75) is 19.3 Å². The molecule has 2 aromatic carbocycles. The van der Waals surface area contributed by atoms with Crippen molar-refractivity contribution in [1.29, 1.82) is 0 Å². The van der Waals surface area contributed by atoms with Crippen molar-refractivity contribution < 1.29 is 7.65 Å². The number of nitrogens with zero attached hydrogens (tertiary/aromatic N) is 4. The Morgan fingerprint density at radius 2 is 1.56 bits per heavy atom. The number of halogens is 1. The summed E-state index contributed by atoms with van der Waals surface area (Å²) in [6, 6.07) is 13.4. The first-order valence-electron chi connectivity index (χ1n) is 10.7. The summed E-state index contributed by atoms with van der Waals surface area (Å²) in [4.78, 5) is 28.6. The molecule has 2 aliphatic rings. The van der Waals surface area contributed by atoms with Gasteiger partial charge in [-0.05, 0) is 48.6 Å². The molecule has 0 bridgehead atoms. The first-order chi connectivity index (χ1) is 15.2. The predicted octanol–water partition coefficient (Wildman–Crippen LogP) is 4.43. The molecule has 2 heterocycles. The number of rotatable bonds is 6. The Labute approximate surface area is 208 Å². The fourth-order valence-corrected chi connectivity index (χ4v) is 4.15. The van der Waals surface area contributed by atoms with Crippen LogP contribution in [0.1, 0.15) is 38.0 Å². The number of ketones is 1. The van der Waals surface area contributed by atoms with E-state index in [0.29, 0.717) is 30.9 Å². The van der Waals surface area contributed by atoms with Gasteiger partial charge in [0.15, 0.2) is 5.78 Å². The van der Waals surface area contributed by atoms with Crippen LogP contribution in [0, 0.1) is 0 Å². The van der Waals surface area contributed by atoms with E-state index in [0.717, 1.165) is 53.9 Å². The summed E-state index contributed by atoms with van der Waals surface area (Å²) in [5.74, 6) is 1.70. The molecule has 5 rings (SSSR count). The minimum Gasteiger partial charge on any atom is -0.353 e.